The number of morpholine rings is 1. The van der Waals surface area contributed by atoms with Crippen molar-refractivity contribution in [2.24, 2.45) is 0 Å². The fraction of sp³-hybridized carbons (Fsp3) is 0.588. The van der Waals surface area contributed by atoms with Crippen LogP contribution in [-0.4, -0.2) is 104 Å². The lowest BCUT2D eigenvalue weighted by molar-refractivity contribution is -0.0458. The third-order valence-electron chi connectivity index (χ3n) is 9.54. The summed E-state index contributed by atoms with van der Waals surface area (Å²) in [5.41, 5.74) is 2.39. The van der Waals surface area contributed by atoms with Crippen molar-refractivity contribution in [3.05, 3.63) is 41.8 Å². The molecule has 1 saturated carbocycles. The summed E-state index contributed by atoms with van der Waals surface area (Å²) in [7, 11) is -2.12. The van der Waals surface area contributed by atoms with Crippen LogP contribution in [-0.2, 0) is 14.7 Å². The molecule has 0 unspecified atom stereocenters. The molecule has 1 aromatic carbocycles. The van der Waals surface area contributed by atoms with Crippen LogP contribution in [0, 0.1) is 5.41 Å². The maximum Gasteiger partial charge on any atom is 0.256 e. The predicted molar refractivity (Wildman–Crippen MR) is 192 cm³/mol. The number of halogens is 1. The molecule has 0 amide bonds. The zero-order chi connectivity index (χ0) is 33.7. The van der Waals surface area contributed by atoms with Crippen molar-refractivity contribution in [1.82, 2.24) is 30.0 Å². The quantitative estimate of drug-likeness (QED) is 0.0734. The van der Waals surface area contributed by atoms with E-state index in [-0.39, 0.29) is 12.1 Å². The molecule has 2 bridgehead atoms. The van der Waals surface area contributed by atoms with Gasteiger partial charge in [0.15, 0.2) is 0 Å². The van der Waals surface area contributed by atoms with E-state index < -0.39 is 9.93 Å². The van der Waals surface area contributed by atoms with Gasteiger partial charge in [-0.1, -0.05) is 17.7 Å². The van der Waals surface area contributed by atoms with E-state index in [2.05, 4.69) is 30.2 Å². The topological polar surface area (TPSA) is 140 Å². The molecule has 14 heteroatoms. The van der Waals surface area contributed by atoms with Crippen LogP contribution in [0.2, 0.25) is 5.02 Å². The minimum Gasteiger partial charge on any atom is -0.487 e. The first-order chi connectivity index (χ1) is 23.2. The Labute approximate surface area is 289 Å². The van der Waals surface area contributed by atoms with Crippen LogP contribution in [0.4, 0.5) is 11.6 Å². The van der Waals surface area contributed by atoms with Crippen molar-refractivity contribution in [3.63, 3.8) is 0 Å². The lowest BCUT2D eigenvalue weighted by Crippen LogP contribution is -2.52. The summed E-state index contributed by atoms with van der Waals surface area (Å²) < 4.78 is 32.3. The first-order valence-corrected chi connectivity index (χ1v) is 20.2. The maximum absolute atomic E-state index is 12.2. The number of fused-ring (bicyclic) bond motifs is 2. The van der Waals surface area contributed by atoms with Crippen LogP contribution in [0.5, 0.6) is 11.6 Å². The van der Waals surface area contributed by atoms with Crippen LogP contribution in [0.25, 0.3) is 11.1 Å². The van der Waals surface area contributed by atoms with E-state index in [1.807, 2.05) is 37.8 Å². The molecular weight excluding hydrogens is 652 g/mol. The minimum absolute atomic E-state index is 0.178. The summed E-state index contributed by atoms with van der Waals surface area (Å²) in [6, 6.07) is 7.64. The summed E-state index contributed by atoms with van der Waals surface area (Å²) in [6.45, 7) is 4.58. The Bertz CT molecular complexity index is 1560. The molecule has 0 radical (unpaired) electrons. The second kappa shape index (κ2) is 15.5. The van der Waals surface area contributed by atoms with Crippen LogP contribution in [0.15, 0.2) is 36.8 Å². The van der Waals surface area contributed by atoms with E-state index in [0.717, 1.165) is 56.4 Å². The Hall–Kier alpha value is -3.26. The first kappa shape index (κ1) is 34.6. The number of nitrogens with zero attached hydrogens (tertiary/aromatic N) is 5. The Morgan fingerprint density at radius 3 is 2.44 bits per heavy atom. The maximum atomic E-state index is 12.2. The smallest absolute Gasteiger partial charge is 0.256 e. The van der Waals surface area contributed by atoms with Gasteiger partial charge in [0.05, 0.1) is 50.0 Å². The summed E-state index contributed by atoms with van der Waals surface area (Å²) in [5.74, 6) is 2.12. The fourth-order valence-electron chi connectivity index (χ4n) is 7.16. The van der Waals surface area contributed by atoms with Gasteiger partial charge < -0.3 is 24.8 Å². The zero-order valence-electron chi connectivity index (χ0n) is 28.1. The number of nitrogens with one attached hydrogen (secondary N) is 3. The molecule has 3 aliphatic rings. The summed E-state index contributed by atoms with van der Waals surface area (Å²) in [4.78, 5) is 12.0. The van der Waals surface area contributed by atoms with Crippen LogP contribution >= 0.6 is 11.6 Å². The monoisotopic (exact) mass is 700 g/mol. The van der Waals surface area contributed by atoms with E-state index in [1.54, 1.807) is 18.5 Å². The molecule has 2 aromatic heterocycles. The van der Waals surface area contributed by atoms with Crippen molar-refractivity contribution in [3.8, 4) is 22.8 Å². The van der Waals surface area contributed by atoms with Gasteiger partial charge in [-0.25, -0.2) is 9.97 Å². The number of thiol groups is 1. The van der Waals surface area contributed by atoms with Gasteiger partial charge in [0.1, 0.15) is 17.5 Å². The van der Waals surface area contributed by atoms with Crippen LogP contribution in [0.3, 0.4) is 0 Å². The molecule has 3 aromatic rings. The van der Waals surface area contributed by atoms with Gasteiger partial charge in [-0.05, 0) is 82.1 Å². The number of benzene rings is 1. The van der Waals surface area contributed by atoms with Crippen molar-refractivity contribution in [1.29, 1.82) is 5.41 Å². The SMILES string of the molecule is C[C@@H](CNC=N)Oc1cc(-c2cnc(Nc3cn([C@H]4CC[C@H](N5[C@@H]6CC[C@H]5COC6)CC4)nc3OCCC[SH](C)(C)=O)nc2)ccc1Cl. The highest BCUT2D eigenvalue weighted by Gasteiger charge is 2.42. The molecule has 2 aliphatic heterocycles. The summed E-state index contributed by atoms with van der Waals surface area (Å²) in [6.07, 6.45) is 17.7. The summed E-state index contributed by atoms with van der Waals surface area (Å²) in [5, 5.41) is 18.7. The van der Waals surface area contributed by atoms with E-state index in [9.17, 15) is 4.21 Å². The van der Waals surface area contributed by atoms with Gasteiger partial charge in [0, 0.05) is 41.8 Å². The molecular formula is C34H49ClN8O4S. The molecule has 3 atom stereocenters. The minimum atomic E-state index is -2.12. The van der Waals surface area contributed by atoms with Crippen LogP contribution < -0.4 is 20.1 Å². The van der Waals surface area contributed by atoms with E-state index in [0.29, 0.717) is 71.7 Å². The highest BCUT2D eigenvalue weighted by molar-refractivity contribution is 8.01. The zero-order valence-corrected chi connectivity index (χ0v) is 29.8. The normalized spacial score (nSPS) is 23.8. The molecule has 6 rings (SSSR count). The van der Waals surface area contributed by atoms with Gasteiger partial charge in [-0.15, -0.1) is 15.0 Å². The molecule has 3 N–H and O–H groups in total. The average molecular weight is 701 g/mol. The first-order valence-electron chi connectivity index (χ1n) is 17.1. The van der Waals surface area contributed by atoms with Gasteiger partial charge in [0.2, 0.25) is 5.95 Å². The van der Waals surface area contributed by atoms with Crippen molar-refractivity contribution >= 4 is 39.5 Å². The van der Waals surface area contributed by atoms with Crippen molar-refractivity contribution < 1.29 is 18.4 Å². The van der Waals surface area contributed by atoms with Gasteiger partial charge in [-0.3, -0.25) is 19.2 Å². The molecule has 0 spiro atoms. The number of anilines is 2. The molecule has 262 valence electrons. The van der Waals surface area contributed by atoms with Gasteiger partial charge in [0.25, 0.3) is 5.88 Å². The standard InChI is InChI=1S/C34H49ClN8O4S/c1-23(16-37-22-36)47-32-15-24(5-12-30(32)35)25-17-38-34(39-18-25)40-31-19-42(41-33(31)46-13-4-14-48(2,3)44)26-6-8-27(9-7-26)43-28-10-11-29(43)21-45-20-28/h5,12,15,17-19,22-23,26-29,48H,4,6-11,13-14,16,20-21H2,1-3H3,(H2,36,37)(H,38,39,40)/t23-,26-,27-,28-,29+/m0/s1. The lowest BCUT2D eigenvalue weighted by atomic mass is 9.89. The summed E-state index contributed by atoms with van der Waals surface area (Å²) >= 11 is 6.40. The van der Waals surface area contributed by atoms with E-state index in [1.165, 1.54) is 12.8 Å². The Balaban J connectivity index is 1.13. The van der Waals surface area contributed by atoms with Crippen molar-refractivity contribution in [2.75, 3.05) is 49.9 Å². The number of aromatic nitrogens is 4. The Morgan fingerprint density at radius 2 is 1.75 bits per heavy atom. The largest absolute Gasteiger partial charge is 0.487 e. The molecule has 3 fully saturated rings. The third kappa shape index (κ3) is 8.66. The van der Waals surface area contributed by atoms with E-state index in [4.69, 9.17) is 36.3 Å². The fourth-order valence-corrected chi connectivity index (χ4v) is 8.22. The van der Waals surface area contributed by atoms with Crippen LogP contribution in [0.1, 0.15) is 57.9 Å². The highest BCUT2D eigenvalue weighted by atomic mass is 35.5. The number of hydrogen-bond acceptors (Lipinski definition) is 10. The average Bonchev–Trinajstić information content (AvgIpc) is 3.58. The van der Waals surface area contributed by atoms with Crippen molar-refractivity contribution in [2.45, 2.75) is 82.1 Å². The Morgan fingerprint density at radius 1 is 1.06 bits per heavy atom. The number of hydrogen-bond donors (Lipinski definition) is 4. The molecule has 4 heterocycles. The highest BCUT2D eigenvalue weighted by Crippen LogP contribution is 2.39. The second-order valence-corrected chi connectivity index (χ2v) is 17.7. The number of rotatable bonds is 15. The van der Waals surface area contributed by atoms with Gasteiger partial charge in [-0.2, -0.15) is 0 Å². The Kier molecular flexibility index (Phi) is 11.2. The lowest BCUT2D eigenvalue weighted by Gasteiger charge is -2.43. The molecule has 12 nitrogen and oxygen atoms in total. The predicted octanol–water partition coefficient (Wildman–Crippen LogP) is 5.09. The molecule has 2 saturated heterocycles. The van der Waals surface area contributed by atoms with E-state index >= 15 is 0 Å². The van der Waals surface area contributed by atoms with Gasteiger partial charge >= 0.3 is 0 Å². The molecule has 48 heavy (non-hydrogen) atoms. The second-order valence-electron chi connectivity index (χ2n) is 13.7. The number of ether oxygens (including phenoxy) is 3. The third-order valence-corrected chi connectivity index (χ3v) is 11.2. The molecule has 1 aliphatic carbocycles.